The number of benzene rings is 2. The summed E-state index contributed by atoms with van der Waals surface area (Å²) < 4.78 is 16.6. The SMILES string of the molecule is CCCOc1ccc(C(CC(=O)O)NC(=O)c2ccc(OCC)c(OCC)c2)cc1. The lowest BCUT2D eigenvalue weighted by atomic mass is 10.0. The van der Waals surface area contributed by atoms with Crippen molar-refractivity contribution >= 4 is 11.9 Å². The molecule has 2 aromatic rings. The first-order valence-corrected chi connectivity index (χ1v) is 10.1. The molecule has 30 heavy (non-hydrogen) atoms. The van der Waals surface area contributed by atoms with Crippen LogP contribution in [0.3, 0.4) is 0 Å². The summed E-state index contributed by atoms with van der Waals surface area (Å²) in [4.78, 5) is 24.2. The third-order valence-corrected chi connectivity index (χ3v) is 4.24. The quantitative estimate of drug-likeness (QED) is 0.539. The Kier molecular flexibility index (Phi) is 9.00. The first-order chi connectivity index (χ1) is 14.5. The van der Waals surface area contributed by atoms with Crippen LogP contribution in [0.15, 0.2) is 42.5 Å². The van der Waals surface area contributed by atoms with Gasteiger partial charge in [0, 0.05) is 5.56 Å². The predicted octanol–water partition coefficient (Wildman–Crippen LogP) is 4.22. The van der Waals surface area contributed by atoms with Crippen molar-refractivity contribution in [2.24, 2.45) is 0 Å². The van der Waals surface area contributed by atoms with E-state index < -0.39 is 17.9 Å². The van der Waals surface area contributed by atoms with Crippen LogP contribution in [0.4, 0.5) is 0 Å². The Morgan fingerprint density at radius 3 is 2.20 bits per heavy atom. The number of hydrogen-bond acceptors (Lipinski definition) is 5. The summed E-state index contributed by atoms with van der Waals surface area (Å²) in [6.07, 6.45) is 0.654. The Bertz CT molecular complexity index is 834. The van der Waals surface area contributed by atoms with E-state index in [1.807, 2.05) is 20.8 Å². The maximum absolute atomic E-state index is 12.8. The van der Waals surface area contributed by atoms with E-state index in [0.29, 0.717) is 48.2 Å². The molecule has 1 amide bonds. The Hall–Kier alpha value is -3.22. The average Bonchev–Trinajstić information content (AvgIpc) is 2.73. The zero-order valence-electron chi connectivity index (χ0n) is 17.6. The fourth-order valence-electron chi connectivity index (χ4n) is 2.88. The van der Waals surface area contributed by atoms with E-state index >= 15 is 0 Å². The van der Waals surface area contributed by atoms with Crippen LogP contribution in [-0.4, -0.2) is 36.8 Å². The molecule has 0 aliphatic heterocycles. The van der Waals surface area contributed by atoms with Crippen molar-refractivity contribution in [1.82, 2.24) is 5.32 Å². The maximum Gasteiger partial charge on any atom is 0.305 e. The van der Waals surface area contributed by atoms with Gasteiger partial charge in [-0.2, -0.15) is 0 Å². The van der Waals surface area contributed by atoms with Gasteiger partial charge in [0.1, 0.15) is 5.75 Å². The van der Waals surface area contributed by atoms with Crippen LogP contribution in [0.5, 0.6) is 17.2 Å². The van der Waals surface area contributed by atoms with Gasteiger partial charge in [-0.25, -0.2) is 0 Å². The minimum atomic E-state index is -1.01. The molecule has 1 unspecified atom stereocenters. The molecule has 0 heterocycles. The summed E-state index contributed by atoms with van der Waals surface area (Å²) >= 11 is 0. The number of rotatable bonds is 12. The summed E-state index contributed by atoms with van der Waals surface area (Å²) in [5.74, 6) is 0.332. The second kappa shape index (κ2) is 11.7. The van der Waals surface area contributed by atoms with Gasteiger partial charge in [-0.1, -0.05) is 19.1 Å². The van der Waals surface area contributed by atoms with Crippen LogP contribution in [0.1, 0.15) is 55.6 Å². The highest BCUT2D eigenvalue weighted by Crippen LogP contribution is 2.29. The molecule has 7 nitrogen and oxygen atoms in total. The highest BCUT2D eigenvalue weighted by molar-refractivity contribution is 5.95. The molecule has 1 atom stereocenters. The smallest absolute Gasteiger partial charge is 0.305 e. The van der Waals surface area contributed by atoms with Crippen LogP contribution in [0.2, 0.25) is 0 Å². The molecule has 162 valence electrons. The van der Waals surface area contributed by atoms with Crippen molar-refractivity contribution < 1.29 is 28.9 Å². The van der Waals surface area contributed by atoms with Crippen molar-refractivity contribution in [3.05, 3.63) is 53.6 Å². The van der Waals surface area contributed by atoms with Crippen molar-refractivity contribution in [1.29, 1.82) is 0 Å². The van der Waals surface area contributed by atoms with Crippen molar-refractivity contribution in [2.75, 3.05) is 19.8 Å². The monoisotopic (exact) mass is 415 g/mol. The second-order valence-electron chi connectivity index (χ2n) is 6.57. The minimum Gasteiger partial charge on any atom is -0.494 e. The zero-order valence-corrected chi connectivity index (χ0v) is 17.6. The molecule has 0 spiro atoms. The first-order valence-electron chi connectivity index (χ1n) is 10.1. The molecule has 2 N–H and O–H groups in total. The number of hydrogen-bond donors (Lipinski definition) is 2. The fourth-order valence-corrected chi connectivity index (χ4v) is 2.88. The summed E-state index contributed by atoms with van der Waals surface area (Å²) in [5.41, 5.74) is 1.05. The Morgan fingerprint density at radius 2 is 1.60 bits per heavy atom. The van der Waals surface area contributed by atoms with E-state index in [9.17, 15) is 14.7 Å². The zero-order chi connectivity index (χ0) is 21.9. The van der Waals surface area contributed by atoms with Crippen molar-refractivity contribution in [3.8, 4) is 17.2 Å². The standard InChI is InChI=1S/C23H29NO6/c1-4-13-30-18-10-7-16(8-11-18)19(15-22(25)26)24-23(27)17-9-12-20(28-5-2)21(14-17)29-6-3/h7-12,14,19H,4-6,13,15H2,1-3H3,(H,24,27)(H,25,26). The lowest BCUT2D eigenvalue weighted by Gasteiger charge is -2.19. The van der Waals surface area contributed by atoms with Gasteiger partial charge >= 0.3 is 5.97 Å². The number of amides is 1. The van der Waals surface area contributed by atoms with Crippen LogP contribution >= 0.6 is 0 Å². The molecular formula is C23H29NO6. The molecule has 0 radical (unpaired) electrons. The molecule has 0 saturated heterocycles. The van der Waals surface area contributed by atoms with Crippen LogP contribution in [0, 0.1) is 0 Å². The first kappa shape index (κ1) is 23.1. The molecule has 0 saturated carbocycles. The van der Waals surface area contributed by atoms with Crippen molar-refractivity contribution in [2.45, 2.75) is 39.7 Å². The normalized spacial score (nSPS) is 11.4. The minimum absolute atomic E-state index is 0.240. The number of carboxylic acids is 1. The molecule has 2 aromatic carbocycles. The Balaban J connectivity index is 2.20. The summed E-state index contributed by atoms with van der Waals surface area (Å²) in [7, 11) is 0. The van der Waals surface area contributed by atoms with Crippen LogP contribution < -0.4 is 19.5 Å². The fraction of sp³-hybridized carbons (Fsp3) is 0.391. The molecule has 0 aliphatic rings. The van der Waals surface area contributed by atoms with Gasteiger partial charge in [-0.15, -0.1) is 0 Å². The third-order valence-electron chi connectivity index (χ3n) is 4.24. The Labute approximate surface area is 177 Å². The molecule has 0 aromatic heterocycles. The third kappa shape index (κ3) is 6.69. The number of carboxylic acid groups (broad SMARTS) is 1. The van der Waals surface area contributed by atoms with E-state index in [4.69, 9.17) is 14.2 Å². The number of aliphatic carboxylic acids is 1. The lowest BCUT2D eigenvalue weighted by Crippen LogP contribution is -2.30. The van der Waals surface area contributed by atoms with Gasteiger partial charge in [0.05, 0.1) is 32.3 Å². The van der Waals surface area contributed by atoms with Gasteiger partial charge < -0.3 is 24.6 Å². The summed E-state index contributed by atoms with van der Waals surface area (Å²) in [6, 6.07) is 11.3. The highest BCUT2D eigenvalue weighted by atomic mass is 16.5. The van der Waals surface area contributed by atoms with E-state index in [1.54, 1.807) is 42.5 Å². The van der Waals surface area contributed by atoms with E-state index in [1.165, 1.54) is 0 Å². The molecule has 7 heteroatoms. The maximum atomic E-state index is 12.8. The molecule has 0 bridgehead atoms. The van der Waals surface area contributed by atoms with E-state index in [0.717, 1.165) is 6.42 Å². The van der Waals surface area contributed by atoms with E-state index in [-0.39, 0.29) is 6.42 Å². The second-order valence-corrected chi connectivity index (χ2v) is 6.57. The molecule has 0 aliphatic carbocycles. The largest absolute Gasteiger partial charge is 0.494 e. The topological polar surface area (TPSA) is 94.1 Å². The van der Waals surface area contributed by atoms with Crippen LogP contribution in [0.25, 0.3) is 0 Å². The van der Waals surface area contributed by atoms with Crippen LogP contribution in [-0.2, 0) is 4.79 Å². The number of nitrogens with one attached hydrogen (secondary N) is 1. The number of ether oxygens (including phenoxy) is 3. The van der Waals surface area contributed by atoms with Gasteiger partial charge in [-0.3, -0.25) is 9.59 Å². The van der Waals surface area contributed by atoms with Gasteiger partial charge in [0.25, 0.3) is 5.91 Å². The van der Waals surface area contributed by atoms with Gasteiger partial charge in [-0.05, 0) is 56.2 Å². The number of carbonyl (C=O) groups excluding carboxylic acids is 1. The average molecular weight is 415 g/mol. The molecule has 2 rings (SSSR count). The Morgan fingerprint density at radius 1 is 0.933 bits per heavy atom. The molecular weight excluding hydrogens is 386 g/mol. The lowest BCUT2D eigenvalue weighted by molar-refractivity contribution is -0.137. The van der Waals surface area contributed by atoms with Gasteiger partial charge in [0.15, 0.2) is 11.5 Å². The predicted molar refractivity (Wildman–Crippen MR) is 113 cm³/mol. The summed E-state index contributed by atoms with van der Waals surface area (Å²) in [5, 5.41) is 12.1. The highest BCUT2D eigenvalue weighted by Gasteiger charge is 2.20. The van der Waals surface area contributed by atoms with Gasteiger partial charge in [0.2, 0.25) is 0 Å². The molecule has 0 fully saturated rings. The van der Waals surface area contributed by atoms with E-state index in [2.05, 4.69) is 5.32 Å². The number of carbonyl (C=O) groups is 2. The summed E-state index contributed by atoms with van der Waals surface area (Å²) in [6.45, 7) is 7.24. The van der Waals surface area contributed by atoms with Crippen molar-refractivity contribution in [3.63, 3.8) is 0 Å².